The normalized spacial score (nSPS) is 13.1. The molecule has 0 saturated heterocycles. The van der Waals surface area contributed by atoms with E-state index in [1.165, 1.54) is 0 Å². The molecule has 0 aliphatic carbocycles. The number of amides is 1. The number of carbonyl (C=O) groups excluding carboxylic acids is 1. The number of aliphatic hydroxyl groups is 2. The zero-order valence-corrected chi connectivity index (χ0v) is 19.9. The van der Waals surface area contributed by atoms with Crippen LogP contribution in [0.5, 0.6) is 5.75 Å². The Morgan fingerprint density at radius 2 is 1.79 bits per heavy atom. The second kappa shape index (κ2) is 10.6. The summed E-state index contributed by atoms with van der Waals surface area (Å²) in [6.07, 6.45) is -2.67. The first-order valence-electron chi connectivity index (χ1n) is 10.9. The number of anilines is 1. The van der Waals surface area contributed by atoms with E-state index in [1.54, 1.807) is 6.07 Å². The number of primary amides is 1. The lowest BCUT2D eigenvalue weighted by molar-refractivity contribution is -0.127. The summed E-state index contributed by atoms with van der Waals surface area (Å²) in [5.74, 6) is 0.852. The summed E-state index contributed by atoms with van der Waals surface area (Å²) in [6.45, 7) is 9.48. The van der Waals surface area contributed by atoms with E-state index in [0.29, 0.717) is 23.2 Å². The molecular weight excluding hydrogens is 440 g/mol. The number of nitrogens with zero attached hydrogens (tertiary/aromatic N) is 4. The number of nitrogens with one attached hydrogen (secondary N) is 1. The van der Waals surface area contributed by atoms with Gasteiger partial charge in [0.2, 0.25) is 17.7 Å². The van der Waals surface area contributed by atoms with Gasteiger partial charge in [0.15, 0.2) is 0 Å². The summed E-state index contributed by atoms with van der Waals surface area (Å²) in [5, 5.41) is 26.8. The highest BCUT2D eigenvalue weighted by Gasteiger charge is 2.19. The Hall–Kier alpha value is -3.57. The lowest BCUT2D eigenvalue weighted by atomic mass is 10.1. The third-order valence-corrected chi connectivity index (χ3v) is 4.88. The van der Waals surface area contributed by atoms with Crippen LogP contribution in [0.4, 0.5) is 5.95 Å². The van der Waals surface area contributed by atoms with Crippen LogP contribution >= 0.6 is 0 Å². The van der Waals surface area contributed by atoms with Crippen molar-refractivity contribution in [3.63, 3.8) is 0 Å². The minimum Gasteiger partial charge on any atom is -0.490 e. The number of rotatable bonds is 10. The molecule has 2 aromatic heterocycles. The summed E-state index contributed by atoms with van der Waals surface area (Å²) in [6, 6.07) is 5.64. The molecule has 0 aliphatic heterocycles. The van der Waals surface area contributed by atoms with Crippen LogP contribution < -0.4 is 15.8 Å². The summed E-state index contributed by atoms with van der Waals surface area (Å²) in [7, 11) is 0. The smallest absolute Gasteiger partial charge is 0.277 e. The largest absolute Gasteiger partial charge is 0.490 e. The molecule has 0 aliphatic rings. The highest BCUT2D eigenvalue weighted by molar-refractivity contribution is 5.78. The fraction of sp³-hybridized carbons (Fsp3) is 0.435. The van der Waals surface area contributed by atoms with Crippen LogP contribution in [-0.2, 0) is 4.79 Å². The third-order valence-electron chi connectivity index (χ3n) is 4.88. The molecule has 1 aromatic carbocycles. The number of carbonyl (C=O) groups is 1. The van der Waals surface area contributed by atoms with Gasteiger partial charge in [-0.25, -0.2) is 9.97 Å². The van der Waals surface area contributed by atoms with E-state index in [2.05, 4.69) is 25.4 Å². The van der Waals surface area contributed by atoms with Crippen LogP contribution in [0.15, 0.2) is 22.7 Å². The fourth-order valence-corrected chi connectivity index (χ4v) is 3.37. The van der Waals surface area contributed by atoms with Crippen LogP contribution in [0.25, 0.3) is 23.0 Å². The van der Waals surface area contributed by atoms with Crippen molar-refractivity contribution < 1.29 is 24.3 Å². The fourth-order valence-electron chi connectivity index (χ4n) is 3.37. The van der Waals surface area contributed by atoms with E-state index in [9.17, 15) is 15.0 Å². The van der Waals surface area contributed by atoms with Gasteiger partial charge in [0.1, 0.15) is 24.2 Å². The first-order valence-corrected chi connectivity index (χ1v) is 10.9. The van der Waals surface area contributed by atoms with E-state index in [1.807, 2.05) is 46.8 Å². The van der Waals surface area contributed by atoms with Gasteiger partial charge < -0.3 is 30.5 Å². The van der Waals surface area contributed by atoms with Gasteiger partial charge in [-0.2, -0.15) is 4.98 Å². The minimum atomic E-state index is -1.42. The second-order valence-electron chi connectivity index (χ2n) is 8.50. The molecule has 34 heavy (non-hydrogen) atoms. The maximum atomic E-state index is 10.9. The molecule has 0 saturated carbocycles. The number of nitrogens with two attached hydrogens (primary N) is 1. The predicted molar refractivity (Wildman–Crippen MR) is 125 cm³/mol. The van der Waals surface area contributed by atoms with Crippen LogP contribution in [-0.4, -0.2) is 61.1 Å². The quantitative estimate of drug-likeness (QED) is 0.343. The zero-order valence-electron chi connectivity index (χ0n) is 19.9. The predicted octanol–water partition coefficient (Wildman–Crippen LogP) is 1.92. The first-order chi connectivity index (χ1) is 16.0. The number of ether oxygens (including phenoxy) is 1. The lowest BCUT2D eigenvalue weighted by Crippen LogP contribution is -2.33. The van der Waals surface area contributed by atoms with Gasteiger partial charge >= 0.3 is 0 Å². The first kappa shape index (κ1) is 25.1. The van der Waals surface area contributed by atoms with Crippen molar-refractivity contribution in [3.8, 4) is 28.7 Å². The Balaban J connectivity index is 1.77. The average molecular weight is 471 g/mol. The van der Waals surface area contributed by atoms with E-state index in [-0.39, 0.29) is 25.0 Å². The molecule has 3 rings (SSSR count). The van der Waals surface area contributed by atoms with Crippen molar-refractivity contribution in [2.75, 3.05) is 11.9 Å². The van der Waals surface area contributed by atoms with Gasteiger partial charge in [-0.1, -0.05) is 5.16 Å². The lowest BCUT2D eigenvalue weighted by Gasteiger charge is -2.17. The monoisotopic (exact) mass is 470 g/mol. The Morgan fingerprint density at radius 1 is 1.12 bits per heavy atom. The molecule has 1 unspecified atom stereocenters. The summed E-state index contributed by atoms with van der Waals surface area (Å²) in [5.41, 5.74) is 8.63. The van der Waals surface area contributed by atoms with Crippen LogP contribution in [0.2, 0.25) is 0 Å². The summed E-state index contributed by atoms with van der Waals surface area (Å²) >= 11 is 0. The van der Waals surface area contributed by atoms with Gasteiger partial charge in [0, 0.05) is 23.7 Å². The number of hydrogen-bond donors (Lipinski definition) is 4. The summed E-state index contributed by atoms with van der Waals surface area (Å²) in [4.78, 5) is 24.3. The highest BCUT2D eigenvalue weighted by Crippen LogP contribution is 2.30. The minimum absolute atomic E-state index is 0.0997. The Labute approximate surface area is 197 Å². The molecule has 0 radical (unpaired) electrons. The van der Waals surface area contributed by atoms with Gasteiger partial charge in [-0.3, -0.25) is 4.79 Å². The molecule has 182 valence electrons. The van der Waals surface area contributed by atoms with Crippen LogP contribution in [0.3, 0.4) is 0 Å². The van der Waals surface area contributed by atoms with Crippen LogP contribution in [0, 0.1) is 20.8 Å². The average Bonchev–Trinajstić information content (AvgIpc) is 3.22. The van der Waals surface area contributed by atoms with Gasteiger partial charge in [0.25, 0.3) is 5.89 Å². The van der Waals surface area contributed by atoms with E-state index in [4.69, 9.17) is 15.0 Å². The number of aliphatic hydroxyl groups excluding tert-OH is 2. The number of aryl methyl sites for hydroxylation is 3. The standard InChI is InChI=1S/C23H30N6O5/c1-11(2)25-23-26-14(5)8-17(27-23)22-28-21(29-34-22)15-6-12(3)19(13(4)7-15)33-10-16(30)9-18(31)20(24)32/h6-8,11,16,18,30-31H,9-10H2,1-5H3,(H2,24,32)(H,25,26,27)/t16-,18?/m0/s1. The highest BCUT2D eigenvalue weighted by atomic mass is 16.5. The van der Waals surface area contributed by atoms with E-state index < -0.39 is 18.1 Å². The van der Waals surface area contributed by atoms with E-state index in [0.717, 1.165) is 22.4 Å². The van der Waals surface area contributed by atoms with Crippen LogP contribution in [0.1, 0.15) is 37.1 Å². The van der Waals surface area contributed by atoms with Gasteiger partial charge in [0.05, 0.1) is 6.10 Å². The van der Waals surface area contributed by atoms with Crippen molar-refractivity contribution in [3.05, 3.63) is 35.0 Å². The molecule has 3 aromatic rings. The van der Waals surface area contributed by atoms with Gasteiger partial charge in [-0.05, 0) is 63.9 Å². The van der Waals surface area contributed by atoms with Crippen molar-refractivity contribution in [1.29, 1.82) is 0 Å². The maximum Gasteiger partial charge on any atom is 0.277 e. The molecule has 2 atom stereocenters. The maximum absolute atomic E-state index is 10.9. The molecule has 0 spiro atoms. The molecule has 0 bridgehead atoms. The van der Waals surface area contributed by atoms with E-state index >= 15 is 0 Å². The molecular formula is C23H30N6O5. The molecule has 5 N–H and O–H groups in total. The molecule has 11 nitrogen and oxygen atoms in total. The number of hydrogen-bond acceptors (Lipinski definition) is 10. The van der Waals surface area contributed by atoms with Crippen molar-refractivity contribution >= 4 is 11.9 Å². The Kier molecular flexibility index (Phi) is 7.79. The third kappa shape index (κ3) is 6.27. The zero-order chi connectivity index (χ0) is 25.0. The number of aromatic nitrogens is 4. The summed E-state index contributed by atoms with van der Waals surface area (Å²) < 4.78 is 11.2. The Bertz CT molecular complexity index is 1140. The Morgan fingerprint density at radius 3 is 2.41 bits per heavy atom. The van der Waals surface area contributed by atoms with Gasteiger partial charge in [-0.15, -0.1) is 0 Å². The van der Waals surface area contributed by atoms with Crippen molar-refractivity contribution in [1.82, 2.24) is 20.1 Å². The SMILES string of the molecule is Cc1cc(-c2nc(-c3cc(C)c(OC[C@@H](O)CC(O)C(N)=O)c(C)c3)no2)nc(NC(C)C)n1. The topological polar surface area (TPSA) is 170 Å². The second-order valence-corrected chi connectivity index (χ2v) is 8.50. The molecule has 1 amide bonds. The van der Waals surface area contributed by atoms with Crippen molar-refractivity contribution in [2.24, 2.45) is 5.73 Å². The molecule has 11 heteroatoms. The van der Waals surface area contributed by atoms with Crippen molar-refractivity contribution in [2.45, 2.75) is 59.3 Å². The molecule has 2 heterocycles. The number of benzene rings is 1. The molecule has 0 fully saturated rings.